The number of benzene rings is 8. The van der Waals surface area contributed by atoms with Crippen LogP contribution in [0.5, 0.6) is 23.0 Å². The molecule has 1 aliphatic heterocycles. The standard InChI is InChI=1S/C58H41NO2/c1-57(2)45-21-10-6-17-40(45)43-32-29-37(35-50(43)57)36-27-30-39(31-28-36)59(38-15-4-3-5-16-38)51-25-14-26-52-55(51)61-56-53(60-52)34-33-49-54(56)44-20-9-13-24-48(44)58(49)46-22-11-7-18-41(46)42-19-8-12-23-47(42)58/h3-12,14-23,25-35H,13,24H2,1-2H3. The van der Waals surface area contributed by atoms with Gasteiger partial charge in [-0.2, -0.15) is 0 Å². The van der Waals surface area contributed by atoms with Crippen LogP contribution in [0.4, 0.5) is 17.1 Å². The fourth-order valence-corrected chi connectivity index (χ4v) is 11.4. The first kappa shape index (κ1) is 34.5. The number of rotatable bonds is 4. The molecule has 0 N–H and O–H groups in total. The number of hydrogen-bond acceptors (Lipinski definition) is 3. The van der Waals surface area contributed by atoms with Crippen LogP contribution in [0.2, 0.25) is 0 Å². The van der Waals surface area contributed by atoms with Crippen LogP contribution in [0, 0.1) is 0 Å². The van der Waals surface area contributed by atoms with E-state index < -0.39 is 5.41 Å². The molecule has 13 rings (SSSR count). The molecule has 3 nitrogen and oxygen atoms in total. The smallest absolute Gasteiger partial charge is 0.194 e. The topological polar surface area (TPSA) is 21.7 Å². The number of ether oxygens (including phenoxy) is 2. The summed E-state index contributed by atoms with van der Waals surface area (Å²) in [4.78, 5) is 2.29. The Balaban J connectivity index is 0.934. The van der Waals surface area contributed by atoms with E-state index >= 15 is 0 Å². The van der Waals surface area contributed by atoms with Crippen molar-refractivity contribution in [1.82, 2.24) is 0 Å². The van der Waals surface area contributed by atoms with Gasteiger partial charge in [0.2, 0.25) is 0 Å². The van der Waals surface area contributed by atoms with Gasteiger partial charge >= 0.3 is 0 Å². The van der Waals surface area contributed by atoms with Crippen LogP contribution in [-0.4, -0.2) is 0 Å². The zero-order valence-corrected chi connectivity index (χ0v) is 34.1. The van der Waals surface area contributed by atoms with Crippen molar-refractivity contribution in [2.75, 3.05) is 4.90 Å². The van der Waals surface area contributed by atoms with Gasteiger partial charge in [0.25, 0.3) is 0 Å². The summed E-state index contributed by atoms with van der Waals surface area (Å²) < 4.78 is 14.2. The Morgan fingerprint density at radius 3 is 1.85 bits per heavy atom. The lowest BCUT2D eigenvalue weighted by atomic mass is 9.68. The molecule has 8 aromatic carbocycles. The van der Waals surface area contributed by atoms with Gasteiger partial charge in [-0.25, -0.2) is 0 Å². The zero-order chi connectivity index (χ0) is 40.5. The summed E-state index contributed by atoms with van der Waals surface area (Å²) in [7, 11) is 0. The van der Waals surface area contributed by atoms with Gasteiger partial charge in [0.15, 0.2) is 23.0 Å². The van der Waals surface area contributed by atoms with Crippen LogP contribution < -0.4 is 14.4 Å². The van der Waals surface area contributed by atoms with Crippen molar-refractivity contribution in [3.8, 4) is 56.4 Å². The lowest BCUT2D eigenvalue weighted by Crippen LogP contribution is -2.27. The number of allylic oxidation sites excluding steroid dienone is 4. The van der Waals surface area contributed by atoms with Gasteiger partial charge < -0.3 is 14.4 Å². The minimum Gasteiger partial charge on any atom is -0.449 e. The van der Waals surface area contributed by atoms with Gasteiger partial charge in [0.1, 0.15) is 0 Å². The third kappa shape index (κ3) is 4.64. The Labute approximate surface area is 356 Å². The summed E-state index contributed by atoms with van der Waals surface area (Å²) >= 11 is 0. The molecule has 0 saturated carbocycles. The summed E-state index contributed by atoms with van der Waals surface area (Å²) in [5.41, 5.74) is 20.8. The molecular weight excluding hydrogens is 743 g/mol. The first-order chi connectivity index (χ1) is 30.0. The van der Waals surface area contributed by atoms with Gasteiger partial charge in [-0.1, -0.05) is 153 Å². The molecule has 0 bridgehead atoms. The Morgan fingerprint density at radius 2 is 1.10 bits per heavy atom. The highest BCUT2D eigenvalue weighted by molar-refractivity contribution is 6.00. The quantitative estimate of drug-likeness (QED) is 0.177. The van der Waals surface area contributed by atoms with E-state index in [9.17, 15) is 0 Å². The van der Waals surface area contributed by atoms with Crippen LogP contribution in [-0.2, 0) is 10.8 Å². The molecule has 0 saturated heterocycles. The molecule has 0 atom stereocenters. The molecule has 0 fully saturated rings. The number of fused-ring (bicyclic) bond motifs is 15. The van der Waals surface area contributed by atoms with E-state index in [0.29, 0.717) is 11.5 Å². The fraction of sp³-hybridized carbons (Fsp3) is 0.103. The van der Waals surface area contributed by atoms with E-state index in [2.05, 4.69) is 201 Å². The molecule has 1 heterocycles. The van der Waals surface area contributed by atoms with Crippen LogP contribution in [0.3, 0.4) is 0 Å². The molecule has 290 valence electrons. The van der Waals surface area contributed by atoms with E-state index in [0.717, 1.165) is 47.0 Å². The maximum Gasteiger partial charge on any atom is 0.194 e. The highest BCUT2D eigenvalue weighted by Crippen LogP contribution is 2.67. The molecule has 0 amide bonds. The second-order valence-electron chi connectivity index (χ2n) is 17.4. The number of para-hydroxylation sites is 2. The Morgan fingerprint density at radius 1 is 0.475 bits per heavy atom. The summed E-state index contributed by atoms with van der Waals surface area (Å²) in [6.07, 6.45) is 6.64. The second-order valence-corrected chi connectivity index (χ2v) is 17.4. The highest BCUT2D eigenvalue weighted by atomic mass is 16.6. The van der Waals surface area contributed by atoms with E-state index in [4.69, 9.17) is 9.47 Å². The lowest BCUT2D eigenvalue weighted by Gasteiger charge is -2.34. The second kappa shape index (κ2) is 12.6. The van der Waals surface area contributed by atoms with Crippen molar-refractivity contribution in [2.45, 2.75) is 37.5 Å². The van der Waals surface area contributed by atoms with Crippen LogP contribution in [0.15, 0.2) is 194 Å². The molecule has 0 radical (unpaired) electrons. The summed E-state index contributed by atoms with van der Waals surface area (Å²) in [5.74, 6) is 2.91. The average molecular weight is 784 g/mol. The first-order valence-electron chi connectivity index (χ1n) is 21.5. The Bertz CT molecular complexity index is 3180. The molecule has 61 heavy (non-hydrogen) atoms. The maximum atomic E-state index is 7.35. The normalized spacial score (nSPS) is 16.0. The van der Waals surface area contributed by atoms with Crippen LogP contribution in [0.25, 0.3) is 39.0 Å². The van der Waals surface area contributed by atoms with Crippen LogP contribution >= 0.6 is 0 Å². The van der Waals surface area contributed by atoms with Crippen molar-refractivity contribution in [3.05, 3.63) is 227 Å². The molecule has 3 heteroatoms. The zero-order valence-electron chi connectivity index (χ0n) is 34.1. The van der Waals surface area contributed by atoms with Gasteiger partial charge in [-0.05, 0) is 134 Å². The predicted octanol–water partition coefficient (Wildman–Crippen LogP) is 15.5. The number of hydrogen-bond donors (Lipinski definition) is 0. The molecule has 0 unspecified atom stereocenters. The Hall–Kier alpha value is -7.36. The van der Waals surface area contributed by atoms with Crippen molar-refractivity contribution >= 4 is 22.6 Å². The largest absolute Gasteiger partial charge is 0.449 e. The predicted molar refractivity (Wildman–Crippen MR) is 248 cm³/mol. The third-order valence-electron chi connectivity index (χ3n) is 14.1. The SMILES string of the molecule is CC1(C)c2ccccc2-c2ccc(-c3ccc(N(c4ccccc4)c4cccc5c4Oc4c(ccc6c4C4=C(CCC=C4)C64c6ccccc6-c6ccccc64)O5)cc3)cc21. The van der Waals surface area contributed by atoms with Gasteiger partial charge in [0, 0.05) is 22.4 Å². The minimum atomic E-state index is -0.392. The van der Waals surface area contributed by atoms with E-state index in [1.807, 2.05) is 6.07 Å². The van der Waals surface area contributed by atoms with Gasteiger partial charge in [-0.3, -0.25) is 0 Å². The maximum absolute atomic E-state index is 7.35. The monoisotopic (exact) mass is 783 g/mol. The molecule has 8 aromatic rings. The van der Waals surface area contributed by atoms with Crippen molar-refractivity contribution in [2.24, 2.45) is 0 Å². The fourth-order valence-electron chi connectivity index (χ4n) is 11.4. The molecule has 1 spiro atoms. The molecule has 5 aliphatic rings. The lowest BCUT2D eigenvalue weighted by molar-refractivity contribution is 0.359. The third-order valence-corrected chi connectivity index (χ3v) is 14.1. The van der Waals surface area contributed by atoms with E-state index in [-0.39, 0.29) is 5.41 Å². The van der Waals surface area contributed by atoms with Crippen LogP contribution in [0.1, 0.15) is 60.1 Å². The number of nitrogens with zero attached hydrogens (tertiary/aromatic N) is 1. The average Bonchev–Trinajstić information content (AvgIpc) is 3.88. The highest BCUT2D eigenvalue weighted by Gasteiger charge is 2.54. The molecule has 0 aromatic heterocycles. The summed E-state index contributed by atoms with van der Waals surface area (Å²) in [6, 6.07) is 64.0. The van der Waals surface area contributed by atoms with Gasteiger partial charge in [-0.15, -0.1) is 0 Å². The van der Waals surface area contributed by atoms with E-state index in [1.54, 1.807) is 0 Å². The van der Waals surface area contributed by atoms with Crippen molar-refractivity contribution < 1.29 is 9.47 Å². The summed E-state index contributed by atoms with van der Waals surface area (Å²) in [5, 5.41) is 0. The molecule has 4 aliphatic carbocycles. The van der Waals surface area contributed by atoms with Crippen molar-refractivity contribution in [3.63, 3.8) is 0 Å². The molecular formula is C58H41NO2. The van der Waals surface area contributed by atoms with Gasteiger partial charge in [0.05, 0.1) is 11.1 Å². The Kier molecular flexibility index (Phi) is 7.11. The van der Waals surface area contributed by atoms with Crippen molar-refractivity contribution in [1.29, 1.82) is 0 Å². The first-order valence-corrected chi connectivity index (χ1v) is 21.5. The summed E-state index contributed by atoms with van der Waals surface area (Å²) in [6.45, 7) is 4.68. The number of anilines is 3. The van der Waals surface area contributed by atoms with E-state index in [1.165, 1.54) is 72.3 Å². The minimum absolute atomic E-state index is 0.0583.